The molecule has 1 aromatic heterocycles. The quantitative estimate of drug-likeness (QED) is 0.647. The zero-order valence-electron chi connectivity index (χ0n) is 13.8. The first kappa shape index (κ1) is 18.4. The van der Waals surface area contributed by atoms with Gasteiger partial charge in [0, 0.05) is 18.1 Å². The van der Waals surface area contributed by atoms with Crippen LogP contribution in [0.2, 0.25) is 5.02 Å². The predicted octanol–water partition coefficient (Wildman–Crippen LogP) is 2.08. The van der Waals surface area contributed by atoms with Crippen LogP contribution in [0, 0.1) is 0 Å². The van der Waals surface area contributed by atoms with E-state index < -0.39 is 21.1 Å². The van der Waals surface area contributed by atoms with Gasteiger partial charge in [0.15, 0.2) is 0 Å². The molecule has 0 unspecified atom stereocenters. The van der Waals surface area contributed by atoms with E-state index in [4.69, 9.17) is 11.6 Å². The molecule has 0 amide bonds. The van der Waals surface area contributed by atoms with E-state index in [1.165, 1.54) is 22.5 Å². The van der Waals surface area contributed by atoms with Gasteiger partial charge >= 0.3 is 11.1 Å². The molecule has 1 heterocycles. The van der Waals surface area contributed by atoms with Gasteiger partial charge < -0.3 is 9.97 Å². The fraction of sp³-hybridized carbons (Fsp3) is 0.176. The van der Waals surface area contributed by atoms with E-state index in [2.05, 4.69) is 9.97 Å². The first-order chi connectivity index (χ1) is 12.3. The van der Waals surface area contributed by atoms with Crippen molar-refractivity contribution in [2.24, 2.45) is 0 Å². The van der Waals surface area contributed by atoms with Gasteiger partial charge in [-0.2, -0.15) is 4.31 Å². The minimum Gasteiger partial charge on any atom is -0.316 e. The van der Waals surface area contributed by atoms with Crippen LogP contribution in [0.3, 0.4) is 0 Å². The number of sulfonamides is 1. The van der Waals surface area contributed by atoms with Crippen molar-refractivity contribution in [3.8, 4) is 0 Å². The van der Waals surface area contributed by atoms with Crippen molar-refractivity contribution in [2.75, 3.05) is 6.54 Å². The van der Waals surface area contributed by atoms with Crippen LogP contribution in [-0.4, -0.2) is 29.2 Å². The standard InChI is InChI=1S/C17H16ClN3O4S/c1-2-21(10-11-5-3-4-6-13(11)18)26(24,25)12-7-8-14-15(9-12)20-17(23)16(22)19-14/h3-9H,2,10H2,1H3,(H,19,22)(H,20,23). The summed E-state index contributed by atoms with van der Waals surface area (Å²) >= 11 is 6.14. The third kappa shape index (κ3) is 3.44. The highest BCUT2D eigenvalue weighted by molar-refractivity contribution is 7.89. The average Bonchev–Trinajstić information content (AvgIpc) is 2.61. The zero-order chi connectivity index (χ0) is 18.9. The number of rotatable bonds is 5. The van der Waals surface area contributed by atoms with Crippen molar-refractivity contribution in [1.29, 1.82) is 0 Å². The maximum absolute atomic E-state index is 13.0. The lowest BCUT2D eigenvalue weighted by atomic mass is 10.2. The SMILES string of the molecule is CCN(Cc1ccccc1Cl)S(=O)(=O)c1ccc2[nH]c(=O)c(=O)[nH]c2c1. The molecule has 2 aromatic carbocycles. The second kappa shape index (κ2) is 7.06. The Hall–Kier alpha value is -2.42. The van der Waals surface area contributed by atoms with Gasteiger partial charge in [0.25, 0.3) is 0 Å². The lowest BCUT2D eigenvalue weighted by Crippen LogP contribution is -2.31. The molecule has 0 atom stereocenters. The number of nitrogens with one attached hydrogen (secondary N) is 2. The maximum atomic E-state index is 13.0. The summed E-state index contributed by atoms with van der Waals surface area (Å²) in [5.74, 6) is 0. The van der Waals surface area contributed by atoms with Crippen molar-refractivity contribution in [3.05, 3.63) is 73.8 Å². The number of benzene rings is 2. The second-order valence-electron chi connectivity index (χ2n) is 5.64. The van der Waals surface area contributed by atoms with Crippen molar-refractivity contribution in [3.63, 3.8) is 0 Å². The number of halogens is 1. The van der Waals surface area contributed by atoms with Crippen LogP contribution in [0.4, 0.5) is 0 Å². The minimum atomic E-state index is -3.82. The third-order valence-electron chi connectivity index (χ3n) is 3.99. The topological polar surface area (TPSA) is 103 Å². The summed E-state index contributed by atoms with van der Waals surface area (Å²) in [7, 11) is -3.82. The molecule has 2 N–H and O–H groups in total. The molecule has 0 saturated carbocycles. The second-order valence-corrected chi connectivity index (χ2v) is 7.98. The normalized spacial score (nSPS) is 12.0. The van der Waals surface area contributed by atoms with E-state index >= 15 is 0 Å². The van der Waals surface area contributed by atoms with Gasteiger partial charge in [0.2, 0.25) is 10.0 Å². The van der Waals surface area contributed by atoms with Crippen LogP contribution in [0.1, 0.15) is 12.5 Å². The molecule has 0 aliphatic carbocycles. The lowest BCUT2D eigenvalue weighted by Gasteiger charge is -2.21. The van der Waals surface area contributed by atoms with Gasteiger partial charge in [0.05, 0.1) is 15.9 Å². The molecule has 26 heavy (non-hydrogen) atoms. The number of H-pyrrole nitrogens is 2. The first-order valence-corrected chi connectivity index (χ1v) is 9.64. The highest BCUT2D eigenvalue weighted by atomic mass is 35.5. The zero-order valence-corrected chi connectivity index (χ0v) is 15.4. The number of aromatic nitrogens is 2. The van der Waals surface area contributed by atoms with E-state index in [9.17, 15) is 18.0 Å². The van der Waals surface area contributed by atoms with Crippen molar-refractivity contribution < 1.29 is 8.42 Å². The molecule has 3 rings (SSSR count). The highest BCUT2D eigenvalue weighted by Crippen LogP contribution is 2.23. The fourth-order valence-electron chi connectivity index (χ4n) is 2.59. The van der Waals surface area contributed by atoms with Crippen LogP contribution in [-0.2, 0) is 16.6 Å². The molecular formula is C17H16ClN3O4S. The summed E-state index contributed by atoms with van der Waals surface area (Å²) in [5.41, 5.74) is -0.345. The van der Waals surface area contributed by atoms with Crippen LogP contribution in [0.5, 0.6) is 0 Å². The van der Waals surface area contributed by atoms with Crippen LogP contribution in [0.25, 0.3) is 11.0 Å². The van der Waals surface area contributed by atoms with Gasteiger partial charge in [-0.25, -0.2) is 8.42 Å². The van der Waals surface area contributed by atoms with Gasteiger partial charge in [-0.05, 0) is 29.8 Å². The Bertz CT molecular complexity index is 1180. The number of hydrogen-bond donors (Lipinski definition) is 2. The number of fused-ring (bicyclic) bond motifs is 1. The minimum absolute atomic E-state index is 0.0154. The van der Waals surface area contributed by atoms with Gasteiger partial charge in [0.1, 0.15) is 0 Å². The van der Waals surface area contributed by atoms with Crippen molar-refractivity contribution in [2.45, 2.75) is 18.4 Å². The molecule has 0 aliphatic rings. The molecule has 0 bridgehead atoms. The summed E-state index contributed by atoms with van der Waals surface area (Å²) < 4.78 is 27.3. The molecule has 0 fully saturated rings. The summed E-state index contributed by atoms with van der Waals surface area (Å²) in [5, 5.41) is 0.488. The fourth-order valence-corrected chi connectivity index (χ4v) is 4.24. The van der Waals surface area contributed by atoms with Gasteiger partial charge in [-0.3, -0.25) is 9.59 Å². The molecule has 136 valence electrons. The summed E-state index contributed by atoms with van der Waals surface area (Å²) in [6.45, 7) is 2.10. The molecule has 3 aromatic rings. The van der Waals surface area contributed by atoms with Gasteiger partial charge in [-0.1, -0.05) is 36.7 Å². The van der Waals surface area contributed by atoms with Crippen LogP contribution < -0.4 is 11.1 Å². The highest BCUT2D eigenvalue weighted by Gasteiger charge is 2.24. The summed E-state index contributed by atoms with van der Waals surface area (Å²) in [6, 6.07) is 11.2. The first-order valence-electron chi connectivity index (χ1n) is 7.83. The monoisotopic (exact) mass is 393 g/mol. The molecule has 0 spiro atoms. The number of aromatic amines is 2. The summed E-state index contributed by atoms with van der Waals surface area (Å²) in [6.07, 6.45) is 0. The van der Waals surface area contributed by atoms with Crippen molar-refractivity contribution >= 4 is 32.7 Å². The van der Waals surface area contributed by atoms with Crippen molar-refractivity contribution in [1.82, 2.24) is 14.3 Å². The lowest BCUT2D eigenvalue weighted by molar-refractivity contribution is 0.423. The average molecular weight is 394 g/mol. The number of hydrogen-bond acceptors (Lipinski definition) is 4. The number of nitrogens with zero attached hydrogens (tertiary/aromatic N) is 1. The Balaban J connectivity index is 2.04. The molecule has 7 nitrogen and oxygen atoms in total. The van der Waals surface area contributed by atoms with Gasteiger partial charge in [-0.15, -0.1) is 0 Å². The Morgan fingerprint density at radius 3 is 2.31 bits per heavy atom. The molecule has 9 heteroatoms. The Labute approximate surface area is 154 Å². The van der Waals surface area contributed by atoms with E-state index in [0.717, 1.165) is 0 Å². The van der Waals surface area contributed by atoms with Crippen LogP contribution >= 0.6 is 11.6 Å². The van der Waals surface area contributed by atoms with E-state index in [0.29, 0.717) is 16.1 Å². The smallest absolute Gasteiger partial charge is 0.314 e. The van der Waals surface area contributed by atoms with Crippen LogP contribution in [0.15, 0.2) is 56.9 Å². The van der Waals surface area contributed by atoms with E-state index in [-0.39, 0.29) is 23.5 Å². The van der Waals surface area contributed by atoms with E-state index in [1.807, 2.05) is 0 Å². The Morgan fingerprint density at radius 2 is 1.65 bits per heavy atom. The Kier molecular flexibility index (Phi) is 4.99. The predicted molar refractivity (Wildman–Crippen MR) is 99.9 cm³/mol. The Morgan fingerprint density at radius 1 is 1.00 bits per heavy atom. The molecule has 0 aliphatic heterocycles. The molecular weight excluding hydrogens is 378 g/mol. The molecule has 0 saturated heterocycles. The summed E-state index contributed by atoms with van der Waals surface area (Å²) in [4.78, 5) is 27.7. The molecule has 0 radical (unpaired) electrons. The van der Waals surface area contributed by atoms with E-state index in [1.54, 1.807) is 31.2 Å². The maximum Gasteiger partial charge on any atom is 0.314 e. The third-order valence-corrected chi connectivity index (χ3v) is 6.27. The largest absolute Gasteiger partial charge is 0.316 e.